The predicted molar refractivity (Wildman–Crippen MR) is 89.2 cm³/mol. The van der Waals surface area contributed by atoms with Crippen LogP contribution in [0.1, 0.15) is 6.42 Å². The van der Waals surface area contributed by atoms with Gasteiger partial charge in [0.05, 0.1) is 43.7 Å². The lowest BCUT2D eigenvalue weighted by atomic mass is 10.3. The third-order valence-electron chi connectivity index (χ3n) is 3.65. The molecule has 9 heteroatoms. The summed E-state index contributed by atoms with van der Waals surface area (Å²) in [6, 6.07) is 0. The van der Waals surface area contributed by atoms with Crippen LogP contribution in [0.2, 0.25) is 5.02 Å². The summed E-state index contributed by atoms with van der Waals surface area (Å²) in [5.74, 6) is 0.676. The van der Waals surface area contributed by atoms with E-state index in [9.17, 15) is 9.90 Å². The zero-order valence-corrected chi connectivity index (χ0v) is 14.5. The molecule has 0 bridgehead atoms. The Morgan fingerprint density at radius 1 is 1.29 bits per heavy atom. The molecule has 2 rings (SSSR count). The highest BCUT2D eigenvalue weighted by molar-refractivity contribution is 6.30. The third-order valence-corrected chi connectivity index (χ3v) is 3.85. The lowest BCUT2D eigenvalue weighted by Crippen LogP contribution is -2.49. The van der Waals surface area contributed by atoms with Crippen LogP contribution >= 0.6 is 11.6 Å². The first kappa shape index (κ1) is 18.9. The summed E-state index contributed by atoms with van der Waals surface area (Å²) < 4.78 is 10.1. The molecule has 1 saturated heterocycles. The van der Waals surface area contributed by atoms with E-state index in [1.165, 1.54) is 7.11 Å². The number of piperazine rings is 1. The van der Waals surface area contributed by atoms with Crippen molar-refractivity contribution in [3.63, 3.8) is 0 Å². The number of carbonyl (C=O) groups is 1. The summed E-state index contributed by atoms with van der Waals surface area (Å²) in [6.45, 7) is 3.29. The molecule has 0 aliphatic carbocycles. The Hall–Kier alpha value is -1.48. The van der Waals surface area contributed by atoms with E-state index in [-0.39, 0.29) is 19.1 Å². The first-order valence-corrected chi connectivity index (χ1v) is 8.23. The van der Waals surface area contributed by atoms with Crippen molar-refractivity contribution in [3.8, 4) is 0 Å². The summed E-state index contributed by atoms with van der Waals surface area (Å²) in [7, 11) is 1.52. The number of nitrogens with zero attached hydrogens (tertiary/aromatic N) is 4. The molecule has 1 aromatic rings. The van der Waals surface area contributed by atoms with E-state index < -0.39 is 6.10 Å². The molecule has 0 saturated carbocycles. The third kappa shape index (κ3) is 5.86. The minimum absolute atomic E-state index is 0.0490. The molecule has 24 heavy (non-hydrogen) atoms. The van der Waals surface area contributed by atoms with Gasteiger partial charge >= 0.3 is 0 Å². The van der Waals surface area contributed by atoms with Gasteiger partial charge in [-0.05, 0) is 0 Å². The average Bonchev–Trinajstić information content (AvgIpc) is 2.60. The second-order valence-corrected chi connectivity index (χ2v) is 5.94. The first-order valence-electron chi connectivity index (χ1n) is 7.85. The van der Waals surface area contributed by atoms with Crippen molar-refractivity contribution >= 4 is 23.5 Å². The van der Waals surface area contributed by atoms with Crippen molar-refractivity contribution in [2.45, 2.75) is 12.5 Å². The zero-order chi connectivity index (χ0) is 17.4. The van der Waals surface area contributed by atoms with Gasteiger partial charge in [0.15, 0.2) is 0 Å². The molecule has 2 heterocycles. The number of ether oxygens (including phenoxy) is 2. The van der Waals surface area contributed by atoms with E-state index >= 15 is 0 Å². The van der Waals surface area contributed by atoms with Crippen LogP contribution in [0.25, 0.3) is 0 Å². The van der Waals surface area contributed by atoms with Crippen LogP contribution < -0.4 is 4.90 Å². The minimum atomic E-state index is -0.659. The first-order chi connectivity index (χ1) is 11.6. The number of aliphatic hydroxyl groups is 1. The Morgan fingerprint density at radius 2 is 1.96 bits per heavy atom. The molecular formula is C15H23ClN4O4. The van der Waals surface area contributed by atoms with Crippen molar-refractivity contribution in [3.05, 3.63) is 17.4 Å². The van der Waals surface area contributed by atoms with E-state index in [4.69, 9.17) is 21.1 Å². The fourth-order valence-electron chi connectivity index (χ4n) is 2.40. The van der Waals surface area contributed by atoms with Gasteiger partial charge in [0.2, 0.25) is 11.9 Å². The van der Waals surface area contributed by atoms with Gasteiger partial charge in [-0.3, -0.25) is 4.79 Å². The van der Waals surface area contributed by atoms with Crippen molar-refractivity contribution in [2.75, 3.05) is 58.0 Å². The van der Waals surface area contributed by atoms with E-state index in [0.717, 1.165) is 0 Å². The van der Waals surface area contributed by atoms with Crippen molar-refractivity contribution < 1.29 is 19.4 Å². The van der Waals surface area contributed by atoms with Crippen LogP contribution in [-0.4, -0.2) is 85.1 Å². The second kappa shape index (κ2) is 9.73. The van der Waals surface area contributed by atoms with Crippen molar-refractivity contribution in [1.82, 2.24) is 14.9 Å². The predicted octanol–water partition coefficient (Wildman–Crippen LogP) is 0.193. The Labute approximate surface area is 146 Å². The molecule has 1 amide bonds. The number of methoxy groups -OCH3 is 1. The molecule has 0 radical (unpaired) electrons. The number of hydrogen-bond acceptors (Lipinski definition) is 7. The monoisotopic (exact) mass is 358 g/mol. The highest BCUT2D eigenvalue weighted by Gasteiger charge is 2.22. The smallest absolute Gasteiger partial charge is 0.225 e. The fraction of sp³-hybridized carbons (Fsp3) is 0.667. The van der Waals surface area contributed by atoms with Crippen molar-refractivity contribution in [1.29, 1.82) is 0 Å². The highest BCUT2D eigenvalue weighted by Crippen LogP contribution is 2.13. The van der Waals surface area contributed by atoms with E-state index in [2.05, 4.69) is 9.97 Å². The Bertz CT molecular complexity index is 509. The topological polar surface area (TPSA) is 88.0 Å². The molecule has 1 N–H and O–H groups in total. The highest BCUT2D eigenvalue weighted by atomic mass is 35.5. The van der Waals surface area contributed by atoms with Gasteiger partial charge in [-0.15, -0.1) is 0 Å². The normalized spacial score (nSPS) is 16.3. The molecule has 8 nitrogen and oxygen atoms in total. The van der Waals surface area contributed by atoms with Gasteiger partial charge in [-0.2, -0.15) is 0 Å². The number of aromatic nitrogens is 2. The fourth-order valence-corrected chi connectivity index (χ4v) is 2.50. The van der Waals surface area contributed by atoms with Gasteiger partial charge in [0, 0.05) is 33.3 Å². The van der Waals surface area contributed by atoms with Gasteiger partial charge in [-0.25, -0.2) is 9.97 Å². The maximum atomic E-state index is 12.1. The van der Waals surface area contributed by atoms with Crippen molar-refractivity contribution in [2.24, 2.45) is 0 Å². The summed E-state index contributed by atoms with van der Waals surface area (Å²) in [5.41, 5.74) is 0. The lowest BCUT2D eigenvalue weighted by molar-refractivity contribution is -0.133. The Morgan fingerprint density at radius 3 is 2.58 bits per heavy atom. The number of aliphatic hydroxyl groups excluding tert-OH is 1. The number of rotatable bonds is 8. The van der Waals surface area contributed by atoms with Gasteiger partial charge in [0.25, 0.3) is 0 Å². The SMILES string of the molecule is COCC(O)COCCC(=O)N1CCN(c2ncc(Cl)cn2)CC1. The lowest BCUT2D eigenvalue weighted by Gasteiger charge is -2.34. The van der Waals surface area contributed by atoms with E-state index in [1.54, 1.807) is 17.3 Å². The molecule has 0 spiro atoms. The van der Waals surface area contributed by atoms with Gasteiger partial charge < -0.3 is 24.4 Å². The quantitative estimate of drug-likeness (QED) is 0.664. The molecule has 1 aromatic heterocycles. The molecule has 1 unspecified atom stereocenters. The Kier molecular flexibility index (Phi) is 7.64. The van der Waals surface area contributed by atoms with Crippen LogP contribution in [0.4, 0.5) is 5.95 Å². The molecule has 1 fully saturated rings. The maximum absolute atomic E-state index is 12.1. The average molecular weight is 359 g/mol. The summed E-state index contributed by atoms with van der Waals surface area (Å²) in [6.07, 6.45) is 2.78. The van der Waals surface area contributed by atoms with E-state index in [1.807, 2.05) is 4.90 Å². The molecule has 1 aliphatic rings. The van der Waals surface area contributed by atoms with Gasteiger partial charge in [0.1, 0.15) is 6.10 Å². The summed E-state index contributed by atoms with van der Waals surface area (Å²) in [5, 5.41) is 9.95. The maximum Gasteiger partial charge on any atom is 0.225 e. The number of hydrogen-bond donors (Lipinski definition) is 1. The second-order valence-electron chi connectivity index (χ2n) is 5.50. The van der Waals surface area contributed by atoms with Crippen LogP contribution in [0, 0.1) is 0 Å². The molecule has 0 aromatic carbocycles. The summed E-state index contributed by atoms with van der Waals surface area (Å²) >= 11 is 5.78. The largest absolute Gasteiger partial charge is 0.388 e. The van der Waals surface area contributed by atoms with Crippen LogP contribution in [0.3, 0.4) is 0 Å². The summed E-state index contributed by atoms with van der Waals surface area (Å²) in [4.78, 5) is 24.4. The molecule has 1 aliphatic heterocycles. The van der Waals surface area contributed by atoms with Crippen LogP contribution in [0.15, 0.2) is 12.4 Å². The standard InChI is InChI=1S/C15H23ClN4O4/c1-23-10-13(21)11-24-7-2-14(22)19-3-5-20(6-4-19)15-17-8-12(16)9-18-15/h8-9,13,21H,2-7,10-11H2,1H3. The molecule has 134 valence electrons. The van der Waals surface area contributed by atoms with Gasteiger partial charge in [-0.1, -0.05) is 11.6 Å². The van der Waals surface area contributed by atoms with E-state index in [0.29, 0.717) is 50.2 Å². The minimum Gasteiger partial charge on any atom is -0.388 e. The number of anilines is 1. The molecular weight excluding hydrogens is 336 g/mol. The number of carbonyl (C=O) groups excluding carboxylic acids is 1. The molecule has 1 atom stereocenters. The number of halogens is 1. The number of amides is 1. The Balaban J connectivity index is 1.66. The van der Waals surface area contributed by atoms with Crippen LogP contribution in [-0.2, 0) is 14.3 Å². The van der Waals surface area contributed by atoms with Crippen LogP contribution in [0.5, 0.6) is 0 Å². The zero-order valence-electron chi connectivity index (χ0n) is 13.7.